The van der Waals surface area contributed by atoms with Gasteiger partial charge in [-0.2, -0.15) is 0 Å². The molecule has 0 radical (unpaired) electrons. The van der Waals surface area contributed by atoms with Gasteiger partial charge in [-0.1, -0.05) is 301 Å². The van der Waals surface area contributed by atoms with Crippen molar-refractivity contribution in [1.82, 2.24) is 4.58 Å². The molecular weight excluding hydrogens is 1800 g/mol. The minimum Gasteiger partial charge on any atom is -1.00 e. The second-order valence-electron chi connectivity index (χ2n) is 44.8. The van der Waals surface area contributed by atoms with E-state index in [1.807, 2.05) is 82.7 Å². The van der Waals surface area contributed by atoms with Crippen molar-refractivity contribution < 1.29 is 21.6 Å². The van der Waals surface area contributed by atoms with Gasteiger partial charge in [-0.3, -0.25) is 4.79 Å². The number of benzene rings is 12. The molecule has 0 bridgehead atoms. The van der Waals surface area contributed by atoms with Gasteiger partial charge in [0.15, 0.2) is 0 Å². The Morgan fingerprint density at radius 3 is 0.919 bits per heavy atom. The highest BCUT2D eigenvalue weighted by Crippen LogP contribution is 2.48. The van der Waals surface area contributed by atoms with Crippen LogP contribution in [0.1, 0.15) is 313 Å². The predicted octanol–water partition coefficient (Wildman–Crippen LogP) is 32.9. The topological polar surface area (TPSA) is 36.5 Å². The van der Waals surface area contributed by atoms with Gasteiger partial charge in [0.1, 0.15) is 24.4 Å². The smallest absolute Gasteiger partial charge is 0.224 e. The fraction of sp³-hybridized carbons (Fsp3) is 0.398. The number of halogens is 1. The molecule has 1 heterocycles. The van der Waals surface area contributed by atoms with Crippen LogP contribution in [0.4, 0.5) is 5.69 Å². The third kappa shape index (κ3) is 27.3. The Kier molecular flexibility index (Phi) is 35.1. The van der Waals surface area contributed by atoms with Gasteiger partial charge >= 0.3 is 0 Å². The van der Waals surface area contributed by atoms with E-state index in [-0.39, 0.29) is 68.3 Å². The summed E-state index contributed by atoms with van der Waals surface area (Å²) in [6.45, 7) is 70.8. The van der Waals surface area contributed by atoms with Crippen molar-refractivity contribution >= 4 is 104 Å². The van der Waals surface area contributed by atoms with Gasteiger partial charge in [0, 0.05) is 127 Å². The maximum atomic E-state index is 15.4. The molecule has 13 rings (SSSR count). The Morgan fingerprint density at radius 1 is 0.304 bits per heavy atom. The lowest BCUT2D eigenvalue weighted by molar-refractivity contribution is -0.0000371. The van der Waals surface area contributed by atoms with E-state index in [1.54, 1.807) is 0 Å². The lowest BCUT2D eigenvalue weighted by Crippen LogP contribution is -3.00. The Hall–Kier alpha value is -7.68. The van der Waals surface area contributed by atoms with Gasteiger partial charge < -0.3 is 21.7 Å². The molecule has 2 aliphatic rings. The molecule has 0 saturated heterocycles. The maximum absolute atomic E-state index is 15.4. The van der Waals surface area contributed by atoms with Crippen LogP contribution in [0.15, 0.2) is 281 Å². The van der Waals surface area contributed by atoms with Crippen LogP contribution in [0.5, 0.6) is 0 Å². The van der Waals surface area contributed by atoms with Crippen molar-refractivity contribution in [2.75, 3.05) is 31.1 Å². The highest BCUT2D eigenvalue weighted by atomic mass is 35.5. The summed E-state index contributed by atoms with van der Waals surface area (Å²) < 4.78 is 9.29. The minimum atomic E-state index is -0.599. The highest BCUT2D eigenvalue weighted by Gasteiger charge is 2.34. The van der Waals surface area contributed by atoms with Crippen LogP contribution in [0.3, 0.4) is 0 Å². The maximum Gasteiger partial charge on any atom is 0.224 e. The number of anilines is 1. The second-order valence-corrected chi connectivity index (χ2v) is 52.2. The number of thioether (sulfide) groups is 7. The van der Waals surface area contributed by atoms with Crippen LogP contribution < -0.4 is 27.2 Å². The second kappa shape index (κ2) is 44.0. The first kappa shape index (κ1) is 108. The molecule has 0 atom stereocenters. The lowest BCUT2D eigenvalue weighted by atomic mass is 9.71. The molecule has 4 nitrogen and oxygen atoms in total. The molecule has 0 N–H and O–H groups in total. The van der Waals surface area contributed by atoms with E-state index in [9.17, 15) is 0 Å². The Bertz CT molecular complexity index is 5750. The highest BCUT2D eigenvalue weighted by molar-refractivity contribution is 8.14. The van der Waals surface area contributed by atoms with E-state index in [0.717, 1.165) is 116 Å². The van der Waals surface area contributed by atoms with Crippen LogP contribution in [-0.4, -0.2) is 31.3 Å². The predicted molar refractivity (Wildman–Crippen MR) is 596 cm³/mol. The van der Waals surface area contributed by atoms with Crippen molar-refractivity contribution in [3.05, 3.63) is 348 Å². The van der Waals surface area contributed by atoms with Gasteiger partial charge in [0.25, 0.3) is 0 Å². The first-order valence-corrected chi connectivity index (χ1v) is 54.8. The standard InChI is InChI=1S/C122H147N2O2S7.CH4.ClH/c1-30-123(31-2)97-44-52-108-110(70-97)126-111-71-98(124(32-3)33-4)45-53-109(111)112(108)106-36-34-35-37-107(106)113(125)133-101-50-42-88(43-51-101)122(29,86-38-46-99(47-39-86)127-78-84-62-102(129-74-80-54-89(114(5,6)7)66-90(55-80)115(8,9)10)72-103(63-84)130-75-81-56-91(116(11,12)13)67-92(57-81)117(14,15)16)87-40-48-100(49-41-87)128-79-85-64-104(131-76-82-58-93(118(17,18)19)68-94(59-82)119(20,21)22)73-105(65-85)132-77-83-60-95(120(23,24)25)69-96(61-83)121(26,27)28;;/h34-73H,30-33,74-79H2,1-29H3;1H4;1H/q+1;;/p-1. The molecule has 0 fully saturated rings. The minimum absolute atomic E-state index is 0. The molecule has 135 heavy (non-hydrogen) atoms. The number of carbonyl (C=O) groups excluding carboxylic acids is 1. The first-order chi connectivity index (χ1) is 62.4. The van der Waals surface area contributed by atoms with Gasteiger partial charge in [-0.05, 0) is 287 Å². The summed E-state index contributed by atoms with van der Waals surface area (Å²) in [7, 11) is 0. The molecular formula is C123H151ClN2O2S7. The summed E-state index contributed by atoms with van der Waals surface area (Å²) in [6, 6.07) is 93.1. The van der Waals surface area contributed by atoms with Gasteiger partial charge in [0.2, 0.25) is 10.5 Å². The summed E-state index contributed by atoms with van der Waals surface area (Å²) in [4.78, 5) is 26.3. The third-order valence-electron chi connectivity index (χ3n) is 26.1. The van der Waals surface area contributed by atoms with Crippen molar-refractivity contribution in [3.63, 3.8) is 0 Å². The summed E-state index contributed by atoms with van der Waals surface area (Å²) in [5.74, 6) is 5.99. The summed E-state index contributed by atoms with van der Waals surface area (Å²) >= 11 is 13.0. The van der Waals surface area contributed by atoms with Gasteiger partial charge in [-0.15, -0.1) is 70.6 Å². The molecule has 1 aliphatic carbocycles. The third-order valence-corrected chi connectivity index (χ3v) is 33.3. The zero-order chi connectivity index (χ0) is 96.3. The van der Waals surface area contributed by atoms with Crippen molar-refractivity contribution in [3.8, 4) is 22.5 Å². The molecule has 714 valence electrons. The quantitative estimate of drug-likeness (QED) is 0.0196. The number of rotatable bonds is 29. The van der Waals surface area contributed by atoms with E-state index in [1.165, 1.54) is 130 Å². The van der Waals surface area contributed by atoms with Crippen molar-refractivity contribution in [2.24, 2.45) is 0 Å². The SMILES string of the molecule is C.CCN(CC)c1ccc2c(-c3ccccc3C(=O)Sc3ccc(C(C)(c4ccc(SCc5cc(SCc6cc(C(C)(C)C)cc(C(C)(C)C)c6)cc(SCc6cc(C(C)(C)C)cc(C(C)(C)C)c6)c5)cc4)c4ccc(SCc5cc(SCc6cc(C(C)(C)C)cc(C(C)(C)C)c6)cc(SCc6cc(C(C)(C)C)cc(C(C)(C)C)c6)c5)cc4)cc3)c3ccc(=[N+](CC)CC)cc-3oc2c1.[Cl-]. The van der Waals surface area contributed by atoms with E-state index in [0.29, 0.717) is 5.56 Å². The number of carbonyl (C=O) groups is 1. The lowest BCUT2D eigenvalue weighted by Gasteiger charge is -2.32. The summed E-state index contributed by atoms with van der Waals surface area (Å²) in [5.41, 5.74) is 27.8. The number of nitrogens with zero attached hydrogens (tertiary/aromatic N) is 2. The van der Waals surface area contributed by atoms with Crippen molar-refractivity contribution in [2.45, 2.75) is 326 Å². The fourth-order valence-corrected chi connectivity index (χ4v) is 23.6. The Labute approximate surface area is 850 Å². The van der Waals surface area contributed by atoms with Crippen molar-refractivity contribution in [1.29, 1.82) is 0 Å². The number of hydrogen-bond donors (Lipinski definition) is 0. The summed E-state index contributed by atoms with van der Waals surface area (Å²) in [5, 5.41) is 2.06. The normalized spacial score (nSPS) is 12.6. The molecule has 0 amide bonds. The van der Waals surface area contributed by atoms with E-state index in [4.69, 9.17) is 4.42 Å². The Morgan fingerprint density at radius 2 is 0.607 bits per heavy atom. The van der Waals surface area contributed by atoms with Crippen LogP contribution in [0, 0.1) is 0 Å². The number of fused-ring (bicyclic) bond motifs is 2. The molecule has 0 spiro atoms. The molecule has 11 aromatic carbocycles. The average molecular weight is 1950 g/mol. The molecule has 0 aromatic heterocycles. The molecule has 0 unspecified atom stereocenters. The van der Waals surface area contributed by atoms with E-state index < -0.39 is 5.41 Å². The summed E-state index contributed by atoms with van der Waals surface area (Å²) in [6.07, 6.45) is 0. The van der Waals surface area contributed by atoms with Crippen LogP contribution in [0.25, 0.3) is 33.4 Å². The molecule has 11 aromatic rings. The average Bonchev–Trinajstić information content (AvgIpc) is 0.737. The van der Waals surface area contributed by atoms with Gasteiger partial charge in [-0.25, -0.2) is 4.58 Å². The molecule has 12 heteroatoms. The molecule has 1 aliphatic heterocycles. The monoisotopic (exact) mass is 1950 g/mol. The van der Waals surface area contributed by atoms with Crippen LogP contribution in [0.2, 0.25) is 0 Å². The zero-order valence-electron chi connectivity index (χ0n) is 85.6. The van der Waals surface area contributed by atoms with E-state index in [2.05, 4.69) is 441 Å². The number of hydrogen-bond acceptors (Lipinski definition) is 10. The zero-order valence-corrected chi connectivity index (χ0v) is 92.1. The van der Waals surface area contributed by atoms with Crippen LogP contribution >= 0.6 is 82.3 Å². The van der Waals surface area contributed by atoms with Gasteiger partial charge in [0.05, 0.1) is 6.07 Å². The first-order valence-electron chi connectivity index (χ1n) is 48.0. The fourth-order valence-electron chi connectivity index (χ4n) is 17.2. The Balaban J connectivity index is 0.00000876. The largest absolute Gasteiger partial charge is 1.00 e. The van der Waals surface area contributed by atoms with E-state index >= 15 is 4.79 Å². The van der Waals surface area contributed by atoms with Crippen LogP contribution in [-0.2, 0) is 83.3 Å². The molecule has 0 saturated carbocycles.